The Balaban J connectivity index is 2.22. The van der Waals surface area contributed by atoms with Crippen LogP contribution in [0.5, 0.6) is 0 Å². The summed E-state index contributed by atoms with van der Waals surface area (Å²) in [4.78, 5) is 0. The molecule has 0 unspecified atom stereocenters. The van der Waals surface area contributed by atoms with Crippen molar-refractivity contribution in [2.24, 2.45) is 0 Å². The number of hydrogen-bond acceptors (Lipinski definition) is 3. The lowest BCUT2D eigenvalue weighted by atomic mass is 10.2. The van der Waals surface area contributed by atoms with E-state index < -0.39 is 0 Å². The molecule has 0 aromatic carbocycles. The molecule has 1 aromatic heterocycles. The molecule has 4 heteroatoms. The monoisotopic (exact) mass is 224 g/mol. The Morgan fingerprint density at radius 1 is 1.31 bits per heavy atom. The molecule has 0 fully saturated rings. The molecule has 0 amide bonds. The molecule has 0 atom stereocenters. The molecule has 0 saturated heterocycles. The second-order valence-corrected chi connectivity index (χ2v) is 4.57. The Morgan fingerprint density at radius 2 is 2.12 bits per heavy atom. The van der Waals surface area contributed by atoms with Crippen molar-refractivity contribution in [3.05, 3.63) is 11.9 Å². The summed E-state index contributed by atoms with van der Waals surface area (Å²) in [7, 11) is 0. The fourth-order valence-electron chi connectivity index (χ4n) is 1.54. The Kier molecular flexibility index (Phi) is 6.08. The maximum atomic E-state index is 4.14. The molecule has 16 heavy (non-hydrogen) atoms. The van der Waals surface area contributed by atoms with Gasteiger partial charge < -0.3 is 5.32 Å². The molecular formula is C12H24N4. The fraction of sp³-hybridized carbons (Fsp3) is 0.833. The van der Waals surface area contributed by atoms with Gasteiger partial charge in [0.2, 0.25) is 0 Å². The van der Waals surface area contributed by atoms with E-state index in [0.29, 0.717) is 6.04 Å². The zero-order valence-corrected chi connectivity index (χ0v) is 10.7. The highest BCUT2D eigenvalue weighted by Crippen LogP contribution is 2.01. The number of hydrogen-bond donors (Lipinski definition) is 1. The van der Waals surface area contributed by atoms with E-state index in [1.807, 2.05) is 10.9 Å². The lowest BCUT2D eigenvalue weighted by Crippen LogP contribution is -2.21. The summed E-state index contributed by atoms with van der Waals surface area (Å²) in [6, 6.07) is 0.495. The van der Waals surface area contributed by atoms with Crippen LogP contribution in [-0.2, 0) is 13.1 Å². The summed E-state index contributed by atoms with van der Waals surface area (Å²) in [6.07, 6.45) is 7.13. The summed E-state index contributed by atoms with van der Waals surface area (Å²) < 4.78 is 1.95. The third-order valence-corrected chi connectivity index (χ3v) is 2.52. The van der Waals surface area contributed by atoms with Crippen molar-refractivity contribution < 1.29 is 0 Å². The smallest absolute Gasteiger partial charge is 0.0964 e. The largest absolute Gasteiger partial charge is 0.309 e. The molecule has 1 rings (SSSR count). The van der Waals surface area contributed by atoms with Crippen molar-refractivity contribution in [1.82, 2.24) is 20.3 Å². The normalized spacial score (nSPS) is 11.2. The van der Waals surface area contributed by atoms with Gasteiger partial charge in [0, 0.05) is 25.3 Å². The molecule has 1 heterocycles. The zero-order chi connectivity index (χ0) is 11.8. The van der Waals surface area contributed by atoms with Crippen molar-refractivity contribution in [3.63, 3.8) is 0 Å². The summed E-state index contributed by atoms with van der Waals surface area (Å²) in [5.74, 6) is 0. The summed E-state index contributed by atoms with van der Waals surface area (Å²) in [5, 5.41) is 11.6. The molecule has 1 N–H and O–H groups in total. The Bertz CT molecular complexity index is 280. The second-order valence-electron chi connectivity index (χ2n) is 4.57. The van der Waals surface area contributed by atoms with Gasteiger partial charge in [-0.2, -0.15) is 0 Å². The van der Waals surface area contributed by atoms with Crippen molar-refractivity contribution >= 4 is 0 Å². The van der Waals surface area contributed by atoms with Crippen molar-refractivity contribution in [2.75, 3.05) is 0 Å². The molecule has 0 saturated carbocycles. The van der Waals surface area contributed by atoms with E-state index in [1.165, 1.54) is 25.7 Å². The Morgan fingerprint density at radius 3 is 2.81 bits per heavy atom. The first-order valence-electron chi connectivity index (χ1n) is 6.34. The molecule has 4 nitrogen and oxygen atoms in total. The number of nitrogens with zero attached hydrogens (tertiary/aromatic N) is 3. The number of aromatic nitrogens is 3. The van der Waals surface area contributed by atoms with Crippen molar-refractivity contribution in [2.45, 2.75) is 65.6 Å². The van der Waals surface area contributed by atoms with Crippen LogP contribution in [0.15, 0.2) is 6.20 Å². The molecule has 0 spiro atoms. The lowest BCUT2D eigenvalue weighted by Gasteiger charge is -2.04. The lowest BCUT2D eigenvalue weighted by molar-refractivity contribution is 0.527. The molecule has 0 aliphatic heterocycles. The van der Waals surface area contributed by atoms with Crippen LogP contribution in [-0.4, -0.2) is 21.0 Å². The van der Waals surface area contributed by atoms with Crippen molar-refractivity contribution in [3.8, 4) is 0 Å². The molecule has 0 bridgehead atoms. The number of rotatable bonds is 8. The van der Waals surface area contributed by atoms with Gasteiger partial charge in [-0.25, -0.2) is 0 Å². The highest BCUT2D eigenvalue weighted by atomic mass is 15.4. The van der Waals surface area contributed by atoms with E-state index in [-0.39, 0.29) is 0 Å². The minimum atomic E-state index is 0.495. The van der Waals surface area contributed by atoms with E-state index in [2.05, 4.69) is 36.4 Å². The van der Waals surface area contributed by atoms with Crippen LogP contribution in [0.1, 0.15) is 52.1 Å². The first kappa shape index (κ1) is 13.2. The third-order valence-electron chi connectivity index (χ3n) is 2.52. The maximum absolute atomic E-state index is 4.14. The predicted molar refractivity (Wildman–Crippen MR) is 66.1 cm³/mol. The van der Waals surface area contributed by atoms with E-state index in [9.17, 15) is 0 Å². The van der Waals surface area contributed by atoms with Crippen LogP contribution >= 0.6 is 0 Å². The fourth-order valence-corrected chi connectivity index (χ4v) is 1.54. The Labute approximate surface area is 98.4 Å². The highest BCUT2D eigenvalue weighted by Gasteiger charge is 2.01. The highest BCUT2D eigenvalue weighted by molar-refractivity contribution is 4.91. The molecule has 0 radical (unpaired) electrons. The summed E-state index contributed by atoms with van der Waals surface area (Å²) in [5.41, 5.74) is 1.03. The van der Waals surface area contributed by atoms with Gasteiger partial charge in [-0.15, -0.1) is 5.10 Å². The zero-order valence-electron chi connectivity index (χ0n) is 10.7. The van der Waals surface area contributed by atoms with Gasteiger partial charge in [0.1, 0.15) is 0 Å². The second kappa shape index (κ2) is 7.39. The minimum Gasteiger partial charge on any atom is -0.309 e. The third kappa shape index (κ3) is 5.26. The molecule has 92 valence electrons. The van der Waals surface area contributed by atoms with Crippen LogP contribution < -0.4 is 5.32 Å². The van der Waals surface area contributed by atoms with Crippen LogP contribution in [0, 0.1) is 0 Å². The van der Waals surface area contributed by atoms with E-state index in [1.54, 1.807) is 0 Å². The van der Waals surface area contributed by atoms with Crippen LogP contribution in [0.4, 0.5) is 0 Å². The SMILES string of the molecule is CCCCCCn1cc(CNC(C)C)nn1. The van der Waals surface area contributed by atoms with Crippen LogP contribution in [0.3, 0.4) is 0 Å². The van der Waals surface area contributed by atoms with Gasteiger partial charge in [0.05, 0.1) is 5.69 Å². The average molecular weight is 224 g/mol. The molecule has 0 aliphatic carbocycles. The molecule has 1 aromatic rings. The van der Waals surface area contributed by atoms with Crippen LogP contribution in [0.25, 0.3) is 0 Å². The predicted octanol–water partition coefficient (Wildman–Crippen LogP) is 2.36. The van der Waals surface area contributed by atoms with Gasteiger partial charge in [-0.05, 0) is 6.42 Å². The summed E-state index contributed by atoms with van der Waals surface area (Å²) >= 11 is 0. The van der Waals surface area contributed by atoms with E-state index in [4.69, 9.17) is 0 Å². The first-order chi connectivity index (χ1) is 7.72. The van der Waals surface area contributed by atoms with E-state index in [0.717, 1.165) is 18.8 Å². The van der Waals surface area contributed by atoms with Crippen molar-refractivity contribution in [1.29, 1.82) is 0 Å². The van der Waals surface area contributed by atoms with Gasteiger partial charge in [-0.3, -0.25) is 4.68 Å². The number of aryl methyl sites for hydroxylation is 1. The standard InChI is InChI=1S/C12H24N4/c1-4-5-6-7-8-16-10-12(14-15-16)9-13-11(2)3/h10-11,13H,4-9H2,1-3H3. The maximum Gasteiger partial charge on any atom is 0.0964 e. The number of unbranched alkanes of at least 4 members (excludes halogenated alkanes) is 3. The van der Waals surface area contributed by atoms with Gasteiger partial charge in [0.25, 0.3) is 0 Å². The quantitative estimate of drug-likeness (QED) is 0.689. The Hall–Kier alpha value is -0.900. The van der Waals surface area contributed by atoms with E-state index >= 15 is 0 Å². The molecule has 0 aliphatic rings. The first-order valence-corrected chi connectivity index (χ1v) is 6.34. The topological polar surface area (TPSA) is 42.7 Å². The average Bonchev–Trinajstić information content (AvgIpc) is 2.70. The van der Waals surface area contributed by atoms with Crippen LogP contribution in [0.2, 0.25) is 0 Å². The van der Waals surface area contributed by atoms with Gasteiger partial charge in [-0.1, -0.05) is 45.2 Å². The van der Waals surface area contributed by atoms with Gasteiger partial charge in [0.15, 0.2) is 0 Å². The summed E-state index contributed by atoms with van der Waals surface area (Å²) in [6.45, 7) is 8.30. The van der Waals surface area contributed by atoms with Gasteiger partial charge >= 0.3 is 0 Å². The molecular weight excluding hydrogens is 200 g/mol. The number of nitrogens with one attached hydrogen (secondary N) is 1. The minimum absolute atomic E-state index is 0.495.